The third-order valence-electron chi connectivity index (χ3n) is 5.07. The van der Waals surface area contributed by atoms with E-state index in [4.69, 9.17) is 4.74 Å². The first-order valence-corrected chi connectivity index (χ1v) is 8.20. The molecule has 0 spiro atoms. The molecule has 0 bridgehead atoms. The standard InChI is InChI=1S/C18H21N3O2/c1-23-15-4-2-14-10-21(7-6-12(14)8-15)18(22)13-3-5-16-17(9-13)20-11-19-16/h2,4,8,11,13H,3,5-7,9-10H2,1H3,(H,19,20)/t13-/m0/s1. The number of carbonyl (C=O) groups excluding carboxylic acids is 1. The van der Waals surface area contributed by atoms with Crippen molar-refractivity contribution in [2.24, 2.45) is 5.92 Å². The van der Waals surface area contributed by atoms with Crippen molar-refractivity contribution in [3.8, 4) is 5.75 Å². The molecule has 0 fully saturated rings. The van der Waals surface area contributed by atoms with Gasteiger partial charge in [0.1, 0.15) is 5.75 Å². The topological polar surface area (TPSA) is 58.2 Å². The predicted octanol–water partition coefficient (Wildman–Crippen LogP) is 2.11. The number of fused-ring (bicyclic) bond motifs is 2. The van der Waals surface area contributed by atoms with Gasteiger partial charge in [0.15, 0.2) is 0 Å². The lowest BCUT2D eigenvalue weighted by Gasteiger charge is -2.33. The van der Waals surface area contributed by atoms with Gasteiger partial charge in [0, 0.05) is 31.1 Å². The van der Waals surface area contributed by atoms with E-state index in [1.807, 2.05) is 11.0 Å². The molecule has 23 heavy (non-hydrogen) atoms. The number of hydrogen-bond donors (Lipinski definition) is 1. The first-order chi connectivity index (χ1) is 11.2. The zero-order chi connectivity index (χ0) is 15.8. The van der Waals surface area contributed by atoms with Gasteiger partial charge in [-0.2, -0.15) is 0 Å². The Morgan fingerprint density at radius 1 is 1.35 bits per heavy atom. The number of amides is 1. The van der Waals surface area contributed by atoms with Crippen LogP contribution in [-0.4, -0.2) is 34.4 Å². The molecule has 1 amide bonds. The van der Waals surface area contributed by atoms with Crippen LogP contribution in [0, 0.1) is 5.92 Å². The second-order valence-electron chi connectivity index (χ2n) is 6.41. The minimum Gasteiger partial charge on any atom is -0.497 e. The number of hydrogen-bond acceptors (Lipinski definition) is 3. The van der Waals surface area contributed by atoms with Crippen LogP contribution >= 0.6 is 0 Å². The molecule has 4 rings (SSSR count). The lowest BCUT2D eigenvalue weighted by atomic mass is 9.88. The van der Waals surface area contributed by atoms with Gasteiger partial charge in [-0.3, -0.25) is 4.79 Å². The van der Waals surface area contributed by atoms with E-state index in [1.54, 1.807) is 13.4 Å². The summed E-state index contributed by atoms with van der Waals surface area (Å²) < 4.78 is 5.29. The van der Waals surface area contributed by atoms with E-state index >= 15 is 0 Å². The number of carbonyl (C=O) groups is 1. The fourth-order valence-corrected chi connectivity index (χ4v) is 3.71. The Hall–Kier alpha value is -2.30. The summed E-state index contributed by atoms with van der Waals surface area (Å²) in [6.07, 6.45) is 5.24. The number of ether oxygens (including phenoxy) is 1. The summed E-state index contributed by atoms with van der Waals surface area (Å²) in [5.41, 5.74) is 4.80. The normalized spacial score (nSPS) is 19.9. The van der Waals surface area contributed by atoms with Crippen LogP contribution in [0.25, 0.3) is 0 Å². The molecule has 1 aliphatic heterocycles. The molecule has 120 valence electrons. The number of nitrogens with one attached hydrogen (secondary N) is 1. The molecule has 0 radical (unpaired) electrons. The predicted molar refractivity (Wildman–Crippen MR) is 86.2 cm³/mol. The molecular formula is C18H21N3O2. The molecule has 0 saturated carbocycles. The highest BCUT2D eigenvalue weighted by Crippen LogP contribution is 2.28. The van der Waals surface area contributed by atoms with Gasteiger partial charge >= 0.3 is 0 Å². The van der Waals surface area contributed by atoms with E-state index in [0.717, 1.165) is 49.4 Å². The number of aryl methyl sites for hydroxylation is 1. The fourth-order valence-electron chi connectivity index (χ4n) is 3.71. The van der Waals surface area contributed by atoms with Gasteiger partial charge in [-0.15, -0.1) is 0 Å². The van der Waals surface area contributed by atoms with Crippen molar-refractivity contribution in [1.29, 1.82) is 0 Å². The summed E-state index contributed by atoms with van der Waals surface area (Å²) >= 11 is 0. The van der Waals surface area contributed by atoms with Crippen molar-refractivity contribution in [3.05, 3.63) is 47.0 Å². The molecule has 2 heterocycles. The maximum Gasteiger partial charge on any atom is 0.226 e. The summed E-state index contributed by atoms with van der Waals surface area (Å²) in [7, 11) is 1.69. The van der Waals surface area contributed by atoms with E-state index in [0.29, 0.717) is 6.54 Å². The minimum absolute atomic E-state index is 0.0859. The molecule has 1 aromatic heterocycles. The van der Waals surface area contributed by atoms with Crippen molar-refractivity contribution in [1.82, 2.24) is 14.9 Å². The zero-order valence-corrected chi connectivity index (χ0v) is 13.3. The lowest BCUT2D eigenvalue weighted by Crippen LogP contribution is -2.41. The highest BCUT2D eigenvalue weighted by atomic mass is 16.5. The Bertz CT molecular complexity index is 738. The lowest BCUT2D eigenvalue weighted by molar-refractivity contribution is -0.136. The number of H-pyrrole nitrogens is 1. The average molecular weight is 311 g/mol. The van der Waals surface area contributed by atoms with Gasteiger partial charge < -0.3 is 14.6 Å². The van der Waals surface area contributed by atoms with Gasteiger partial charge in [0.05, 0.1) is 19.1 Å². The Labute approximate surface area is 135 Å². The maximum atomic E-state index is 12.9. The quantitative estimate of drug-likeness (QED) is 0.924. The minimum atomic E-state index is 0.0859. The monoisotopic (exact) mass is 311 g/mol. The van der Waals surface area contributed by atoms with Crippen LogP contribution < -0.4 is 4.74 Å². The van der Waals surface area contributed by atoms with Crippen LogP contribution in [0.5, 0.6) is 5.75 Å². The van der Waals surface area contributed by atoms with Crippen LogP contribution in [0.15, 0.2) is 24.5 Å². The molecule has 1 aromatic carbocycles. The van der Waals surface area contributed by atoms with E-state index in [-0.39, 0.29) is 11.8 Å². The van der Waals surface area contributed by atoms with Crippen LogP contribution in [0.4, 0.5) is 0 Å². The molecule has 0 unspecified atom stereocenters. The van der Waals surface area contributed by atoms with E-state index in [2.05, 4.69) is 22.1 Å². The van der Waals surface area contributed by atoms with E-state index in [1.165, 1.54) is 11.1 Å². The highest BCUT2D eigenvalue weighted by molar-refractivity contribution is 5.79. The van der Waals surface area contributed by atoms with E-state index in [9.17, 15) is 4.79 Å². The number of aromatic nitrogens is 2. The molecular weight excluding hydrogens is 290 g/mol. The van der Waals surface area contributed by atoms with Gasteiger partial charge in [-0.05, 0) is 42.5 Å². The van der Waals surface area contributed by atoms with Crippen molar-refractivity contribution >= 4 is 5.91 Å². The number of rotatable bonds is 2. The van der Waals surface area contributed by atoms with Gasteiger partial charge in [0.25, 0.3) is 0 Å². The van der Waals surface area contributed by atoms with Crippen LogP contribution in [0.3, 0.4) is 0 Å². The van der Waals surface area contributed by atoms with Gasteiger partial charge in [-0.25, -0.2) is 4.98 Å². The van der Waals surface area contributed by atoms with Crippen molar-refractivity contribution < 1.29 is 9.53 Å². The average Bonchev–Trinajstić information content (AvgIpc) is 3.07. The molecule has 0 saturated heterocycles. The first kappa shape index (κ1) is 14.3. The summed E-state index contributed by atoms with van der Waals surface area (Å²) in [6.45, 7) is 1.51. The number of aromatic amines is 1. The Morgan fingerprint density at radius 3 is 3.13 bits per heavy atom. The summed E-state index contributed by atoms with van der Waals surface area (Å²) in [5.74, 6) is 1.26. The molecule has 2 aromatic rings. The SMILES string of the molecule is COc1ccc2c(c1)CCN(C(=O)[C@H]1CCc3nc[nH]c3C1)C2. The number of methoxy groups -OCH3 is 1. The molecule has 5 heteroatoms. The third kappa shape index (κ3) is 2.60. The van der Waals surface area contributed by atoms with Crippen LogP contribution in [0.1, 0.15) is 28.9 Å². The smallest absolute Gasteiger partial charge is 0.226 e. The summed E-state index contributed by atoms with van der Waals surface area (Å²) in [4.78, 5) is 22.4. The van der Waals surface area contributed by atoms with Crippen LogP contribution in [-0.2, 0) is 30.6 Å². The van der Waals surface area contributed by atoms with E-state index < -0.39 is 0 Å². The summed E-state index contributed by atoms with van der Waals surface area (Å²) in [6, 6.07) is 6.15. The fraction of sp³-hybridized carbons (Fsp3) is 0.444. The van der Waals surface area contributed by atoms with Crippen molar-refractivity contribution in [3.63, 3.8) is 0 Å². The molecule has 5 nitrogen and oxygen atoms in total. The number of benzene rings is 1. The zero-order valence-electron chi connectivity index (χ0n) is 13.3. The third-order valence-corrected chi connectivity index (χ3v) is 5.07. The Balaban J connectivity index is 1.48. The first-order valence-electron chi connectivity index (χ1n) is 8.20. The van der Waals surface area contributed by atoms with Gasteiger partial charge in [-0.1, -0.05) is 6.07 Å². The molecule has 1 aliphatic carbocycles. The van der Waals surface area contributed by atoms with Crippen molar-refractivity contribution in [2.75, 3.05) is 13.7 Å². The maximum absolute atomic E-state index is 12.9. The molecule has 2 aliphatic rings. The van der Waals surface area contributed by atoms with Crippen LogP contribution in [0.2, 0.25) is 0 Å². The molecule has 1 atom stereocenters. The Kier molecular flexibility index (Phi) is 3.56. The number of imidazole rings is 1. The highest BCUT2D eigenvalue weighted by Gasteiger charge is 2.31. The second kappa shape index (κ2) is 5.72. The second-order valence-corrected chi connectivity index (χ2v) is 6.41. The number of nitrogens with zero attached hydrogens (tertiary/aromatic N) is 2. The Morgan fingerprint density at radius 2 is 2.26 bits per heavy atom. The summed E-state index contributed by atoms with van der Waals surface area (Å²) in [5, 5.41) is 0. The molecule has 1 N–H and O–H groups in total. The largest absolute Gasteiger partial charge is 0.497 e. The van der Waals surface area contributed by atoms with Crippen molar-refractivity contribution in [2.45, 2.75) is 32.2 Å². The van der Waals surface area contributed by atoms with Gasteiger partial charge in [0.2, 0.25) is 5.91 Å².